The number of pyridine rings is 1. The molecule has 128 valence electrons. The number of aliphatic hydroxyl groups excluding tert-OH is 1. The zero-order valence-corrected chi connectivity index (χ0v) is 14.1. The van der Waals surface area contributed by atoms with Crippen molar-refractivity contribution in [3.8, 4) is 0 Å². The minimum Gasteiger partial charge on any atom is -0.393 e. The number of amides is 2. The number of rotatable bonds is 7. The van der Waals surface area contributed by atoms with Crippen LogP contribution in [0.3, 0.4) is 0 Å². The number of hydrogen-bond acceptors (Lipinski definition) is 3. The lowest BCUT2D eigenvalue weighted by Crippen LogP contribution is -2.40. The highest BCUT2D eigenvalue weighted by molar-refractivity contribution is 5.74. The van der Waals surface area contributed by atoms with Gasteiger partial charge in [-0.05, 0) is 37.0 Å². The van der Waals surface area contributed by atoms with Gasteiger partial charge in [-0.1, -0.05) is 43.3 Å². The highest BCUT2D eigenvalue weighted by Crippen LogP contribution is 2.19. The van der Waals surface area contributed by atoms with Gasteiger partial charge in [0.1, 0.15) is 0 Å². The Kier molecular flexibility index (Phi) is 6.75. The van der Waals surface area contributed by atoms with Crippen molar-refractivity contribution in [2.75, 3.05) is 6.54 Å². The molecule has 5 heteroatoms. The second kappa shape index (κ2) is 9.03. The minimum atomic E-state index is -0.365. The maximum atomic E-state index is 12.3. The van der Waals surface area contributed by atoms with E-state index in [0.717, 1.165) is 11.3 Å². The normalized spacial score (nSPS) is 14.5. The molecule has 3 N–H and O–H groups in total. The Hall–Kier alpha value is -2.40. The van der Waals surface area contributed by atoms with E-state index in [1.807, 2.05) is 55.5 Å². The van der Waals surface area contributed by atoms with Crippen LogP contribution in [0.15, 0.2) is 54.7 Å². The molecule has 1 aromatic heterocycles. The molecule has 0 spiro atoms. The third-order valence-corrected chi connectivity index (χ3v) is 3.75. The Bertz CT molecular complexity index is 578. The van der Waals surface area contributed by atoms with Gasteiger partial charge in [-0.15, -0.1) is 0 Å². The van der Waals surface area contributed by atoms with E-state index in [4.69, 9.17) is 0 Å². The van der Waals surface area contributed by atoms with Crippen LogP contribution < -0.4 is 10.6 Å². The number of hydrogen-bond donors (Lipinski definition) is 3. The molecule has 1 heterocycles. The molecule has 5 nitrogen and oxygen atoms in total. The first-order chi connectivity index (χ1) is 11.6. The van der Waals surface area contributed by atoms with Crippen molar-refractivity contribution in [3.05, 3.63) is 66.0 Å². The molecule has 2 rings (SSSR count). The number of carbonyl (C=O) groups is 1. The van der Waals surface area contributed by atoms with Crippen molar-refractivity contribution in [2.45, 2.75) is 32.4 Å². The highest BCUT2D eigenvalue weighted by atomic mass is 16.3. The van der Waals surface area contributed by atoms with Gasteiger partial charge in [0.15, 0.2) is 0 Å². The first-order valence-corrected chi connectivity index (χ1v) is 8.24. The summed E-state index contributed by atoms with van der Waals surface area (Å²) in [6, 6.07) is 14.9. The molecule has 3 atom stereocenters. The molecule has 0 fully saturated rings. The molecule has 3 unspecified atom stereocenters. The fourth-order valence-electron chi connectivity index (χ4n) is 2.63. The van der Waals surface area contributed by atoms with E-state index in [0.29, 0.717) is 13.0 Å². The number of benzene rings is 1. The van der Waals surface area contributed by atoms with Gasteiger partial charge in [-0.3, -0.25) is 4.98 Å². The van der Waals surface area contributed by atoms with Crippen LogP contribution in [-0.4, -0.2) is 28.8 Å². The average Bonchev–Trinajstić information content (AvgIpc) is 2.59. The molecule has 24 heavy (non-hydrogen) atoms. The fraction of sp³-hybridized carbons (Fsp3) is 0.368. The van der Waals surface area contributed by atoms with E-state index in [1.165, 1.54) is 0 Å². The molecule has 0 aliphatic heterocycles. The van der Waals surface area contributed by atoms with Gasteiger partial charge in [0, 0.05) is 12.7 Å². The monoisotopic (exact) mass is 327 g/mol. The van der Waals surface area contributed by atoms with Crippen LogP contribution in [-0.2, 0) is 0 Å². The van der Waals surface area contributed by atoms with Gasteiger partial charge in [0.25, 0.3) is 0 Å². The van der Waals surface area contributed by atoms with Gasteiger partial charge < -0.3 is 15.7 Å². The lowest BCUT2D eigenvalue weighted by atomic mass is 10.0. The van der Waals surface area contributed by atoms with E-state index in [1.54, 1.807) is 13.1 Å². The molecule has 0 aliphatic rings. The zero-order chi connectivity index (χ0) is 17.4. The number of aliphatic hydroxyl groups is 1. The van der Waals surface area contributed by atoms with Crippen LogP contribution in [0.2, 0.25) is 0 Å². The van der Waals surface area contributed by atoms with Crippen molar-refractivity contribution in [2.24, 2.45) is 5.92 Å². The summed E-state index contributed by atoms with van der Waals surface area (Å²) in [5.74, 6) is 0.209. The molecule has 0 bridgehead atoms. The zero-order valence-electron chi connectivity index (χ0n) is 14.1. The van der Waals surface area contributed by atoms with Crippen LogP contribution in [0.25, 0.3) is 0 Å². The van der Waals surface area contributed by atoms with Gasteiger partial charge in [0.05, 0.1) is 17.8 Å². The quantitative estimate of drug-likeness (QED) is 0.732. The Morgan fingerprint density at radius 3 is 2.46 bits per heavy atom. The number of aromatic nitrogens is 1. The molecule has 1 aromatic carbocycles. The number of nitrogens with zero attached hydrogens (tertiary/aromatic N) is 1. The third-order valence-electron chi connectivity index (χ3n) is 3.75. The van der Waals surface area contributed by atoms with Gasteiger partial charge in [-0.2, -0.15) is 0 Å². The molecular formula is C19H25N3O2. The second-order valence-corrected chi connectivity index (χ2v) is 6.14. The van der Waals surface area contributed by atoms with E-state index in [2.05, 4.69) is 15.6 Å². The van der Waals surface area contributed by atoms with E-state index >= 15 is 0 Å². The first kappa shape index (κ1) is 17.9. The second-order valence-electron chi connectivity index (χ2n) is 6.14. The largest absolute Gasteiger partial charge is 0.393 e. The van der Waals surface area contributed by atoms with Crippen LogP contribution in [0.1, 0.15) is 37.6 Å². The summed E-state index contributed by atoms with van der Waals surface area (Å²) < 4.78 is 0. The number of nitrogens with one attached hydrogen (secondary N) is 2. The summed E-state index contributed by atoms with van der Waals surface area (Å²) in [5, 5.41) is 15.2. The van der Waals surface area contributed by atoms with Crippen molar-refractivity contribution in [1.82, 2.24) is 15.6 Å². The molecule has 0 aliphatic carbocycles. The number of urea groups is 1. The molecule has 2 amide bonds. The van der Waals surface area contributed by atoms with Crippen molar-refractivity contribution in [1.29, 1.82) is 0 Å². The standard InChI is InChI=1S/C19H25N3O2/c1-14(12-15(2)23)13-21-19(24)22-18(16-8-4-3-5-9-16)17-10-6-7-11-20-17/h3-11,14-15,18,23H,12-13H2,1-2H3,(H2,21,22,24). The molecule has 0 saturated heterocycles. The summed E-state index contributed by atoms with van der Waals surface area (Å²) in [6.45, 7) is 4.27. The lowest BCUT2D eigenvalue weighted by molar-refractivity contribution is 0.163. The van der Waals surface area contributed by atoms with Gasteiger partial charge in [-0.25, -0.2) is 4.79 Å². The Morgan fingerprint density at radius 2 is 1.83 bits per heavy atom. The van der Waals surface area contributed by atoms with Crippen LogP contribution in [0, 0.1) is 5.92 Å². The van der Waals surface area contributed by atoms with Crippen molar-refractivity contribution in [3.63, 3.8) is 0 Å². The molecular weight excluding hydrogens is 302 g/mol. The fourth-order valence-corrected chi connectivity index (χ4v) is 2.63. The van der Waals surface area contributed by atoms with E-state index < -0.39 is 0 Å². The maximum absolute atomic E-state index is 12.3. The van der Waals surface area contributed by atoms with Crippen LogP contribution >= 0.6 is 0 Å². The summed E-state index contributed by atoms with van der Waals surface area (Å²) in [7, 11) is 0. The predicted octanol–water partition coefficient (Wildman–Crippen LogP) is 2.88. The maximum Gasteiger partial charge on any atom is 0.315 e. The highest BCUT2D eigenvalue weighted by Gasteiger charge is 2.18. The van der Waals surface area contributed by atoms with Gasteiger partial charge >= 0.3 is 6.03 Å². The summed E-state index contributed by atoms with van der Waals surface area (Å²) >= 11 is 0. The predicted molar refractivity (Wildman–Crippen MR) is 94.5 cm³/mol. The SMILES string of the molecule is CC(O)CC(C)CNC(=O)NC(c1ccccc1)c1ccccn1. The van der Waals surface area contributed by atoms with Gasteiger partial charge in [0.2, 0.25) is 0 Å². The average molecular weight is 327 g/mol. The summed E-state index contributed by atoms with van der Waals surface area (Å²) in [6.07, 6.45) is 2.01. The minimum absolute atomic E-state index is 0.209. The third kappa shape index (κ3) is 5.66. The molecule has 0 radical (unpaired) electrons. The van der Waals surface area contributed by atoms with Crippen molar-refractivity contribution < 1.29 is 9.90 Å². The van der Waals surface area contributed by atoms with Crippen LogP contribution in [0.5, 0.6) is 0 Å². The first-order valence-electron chi connectivity index (χ1n) is 8.24. The summed E-state index contributed by atoms with van der Waals surface area (Å²) in [5.41, 5.74) is 1.76. The number of carbonyl (C=O) groups excluding carboxylic acids is 1. The summed E-state index contributed by atoms with van der Waals surface area (Å²) in [4.78, 5) is 16.6. The Balaban J connectivity index is 2.02. The Labute approximate surface area is 143 Å². The molecule has 2 aromatic rings. The smallest absolute Gasteiger partial charge is 0.315 e. The van der Waals surface area contributed by atoms with Crippen LogP contribution in [0.4, 0.5) is 4.79 Å². The topological polar surface area (TPSA) is 74.2 Å². The molecule has 0 saturated carbocycles. The Morgan fingerprint density at radius 1 is 1.12 bits per heavy atom. The van der Waals surface area contributed by atoms with Crippen molar-refractivity contribution >= 4 is 6.03 Å². The lowest BCUT2D eigenvalue weighted by Gasteiger charge is -2.20. The van der Waals surface area contributed by atoms with E-state index in [9.17, 15) is 9.90 Å². The van der Waals surface area contributed by atoms with E-state index in [-0.39, 0.29) is 24.1 Å².